The van der Waals surface area contributed by atoms with Gasteiger partial charge in [0.05, 0.1) is 23.6 Å². The summed E-state index contributed by atoms with van der Waals surface area (Å²) in [4.78, 5) is 14.2. The van der Waals surface area contributed by atoms with Crippen molar-refractivity contribution in [3.05, 3.63) is 11.4 Å². The molecule has 1 amide bonds. The maximum atomic E-state index is 12.1. The zero-order chi connectivity index (χ0) is 14.0. The Labute approximate surface area is 113 Å². The van der Waals surface area contributed by atoms with Crippen LogP contribution in [-0.2, 0) is 4.79 Å². The van der Waals surface area contributed by atoms with Crippen LogP contribution in [0.2, 0.25) is 0 Å². The van der Waals surface area contributed by atoms with Crippen molar-refractivity contribution < 1.29 is 4.79 Å². The summed E-state index contributed by atoms with van der Waals surface area (Å²) in [6, 6.07) is 0.175. The van der Waals surface area contributed by atoms with E-state index in [-0.39, 0.29) is 11.9 Å². The van der Waals surface area contributed by atoms with Crippen molar-refractivity contribution in [1.29, 1.82) is 0 Å². The number of carbonyl (C=O) groups is 1. The number of hydrogen-bond donors (Lipinski definition) is 3. The number of rotatable bonds is 3. The minimum Gasteiger partial charge on any atom is -0.327 e. The first kappa shape index (κ1) is 14.0. The number of aromatic amines is 1. The third kappa shape index (κ3) is 3.54. The molecule has 2 rings (SSSR count). The summed E-state index contributed by atoms with van der Waals surface area (Å²) in [6.45, 7) is 8.06. The fourth-order valence-electron chi connectivity index (χ4n) is 2.76. The minimum atomic E-state index is -0.00565. The molecule has 106 valence electrons. The number of carbonyl (C=O) groups excluding carboxylic acids is 1. The normalized spacial score (nSPS) is 24.4. The Kier molecular flexibility index (Phi) is 4.21. The van der Waals surface area contributed by atoms with E-state index < -0.39 is 0 Å². The lowest BCUT2D eigenvalue weighted by molar-refractivity contribution is -0.117. The lowest BCUT2D eigenvalue weighted by Crippen LogP contribution is -2.48. The molecule has 19 heavy (non-hydrogen) atoms. The molecule has 4 N–H and O–H groups in total. The molecule has 1 fully saturated rings. The smallest absolute Gasteiger partial charge is 0.238 e. The lowest BCUT2D eigenvalue weighted by atomic mass is 9.97. The number of piperidine rings is 1. The van der Waals surface area contributed by atoms with E-state index in [1.165, 1.54) is 0 Å². The van der Waals surface area contributed by atoms with Crippen LogP contribution in [0.1, 0.15) is 24.7 Å². The number of hydrogen-bond acceptors (Lipinski definition) is 4. The Bertz CT molecular complexity index is 426. The van der Waals surface area contributed by atoms with Gasteiger partial charge in [0, 0.05) is 19.1 Å². The Hall–Kier alpha value is -1.40. The monoisotopic (exact) mass is 265 g/mol. The quantitative estimate of drug-likeness (QED) is 0.748. The van der Waals surface area contributed by atoms with E-state index in [0.29, 0.717) is 12.5 Å². The lowest BCUT2D eigenvalue weighted by Gasteiger charge is -2.34. The fraction of sp³-hybridized carbons (Fsp3) is 0.692. The van der Waals surface area contributed by atoms with E-state index in [1.54, 1.807) is 0 Å². The molecule has 0 saturated carbocycles. The maximum absolute atomic E-state index is 12.1. The predicted octanol–water partition coefficient (Wildman–Crippen LogP) is 0.634. The molecule has 6 heteroatoms. The molecule has 1 aliphatic heterocycles. The molecular weight excluding hydrogens is 242 g/mol. The first-order valence-corrected chi connectivity index (χ1v) is 6.75. The van der Waals surface area contributed by atoms with E-state index in [1.807, 2.05) is 13.8 Å². The molecule has 0 bridgehead atoms. The number of nitrogens with zero attached hydrogens (tertiary/aromatic N) is 2. The molecule has 1 aromatic heterocycles. The first-order valence-electron chi connectivity index (χ1n) is 6.75. The second-order valence-corrected chi connectivity index (χ2v) is 5.65. The molecule has 0 aromatic carbocycles. The van der Waals surface area contributed by atoms with Crippen LogP contribution in [0.3, 0.4) is 0 Å². The second-order valence-electron chi connectivity index (χ2n) is 5.65. The van der Waals surface area contributed by atoms with Crippen LogP contribution < -0.4 is 11.1 Å². The summed E-state index contributed by atoms with van der Waals surface area (Å²) in [5.41, 5.74) is 8.48. The average Bonchev–Trinajstić information content (AvgIpc) is 2.59. The van der Waals surface area contributed by atoms with Crippen molar-refractivity contribution in [3.8, 4) is 0 Å². The van der Waals surface area contributed by atoms with Gasteiger partial charge < -0.3 is 11.1 Å². The van der Waals surface area contributed by atoms with Gasteiger partial charge in [-0.2, -0.15) is 5.10 Å². The number of anilines is 1. The van der Waals surface area contributed by atoms with Gasteiger partial charge in [0.1, 0.15) is 0 Å². The summed E-state index contributed by atoms with van der Waals surface area (Å²) in [5.74, 6) is 0.544. The summed E-state index contributed by atoms with van der Waals surface area (Å²) in [5, 5.41) is 9.85. The third-order valence-electron chi connectivity index (χ3n) is 3.53. The van der Waals surface area contributed by atoms with E-state index in [0.717, 1.165) is 36.6 Å². The SMILES string of the molecule is Cc1n[nH]c(C)c1NC(=O)CN1CC(C)CC(N)C1. The number of nitrogens with one attached hydrogen (secondary N) is 2. The number of amides is 1. The number of nitrogens with two attached hydrogens (primary N) is 1. The zero-order valence-corrected chi connectivity index (χ0v) is 11.9. The van der Waals surface area contributed by atoms with Crippen LogP contribution in [0.25, 0.3) is 0 Å². The van der Waals surface area contributed by atoms with Gasteiger partial charge in [0.2, 0.25) is 5.91 Å². The van der Waals surface area contributed by atoms with Gasteiger partial charge in [-0.1, -0.05) is 6.92 Å². The Morgan fingerprint density at radius 3 is 2.84 bits per heavy atom. The van der Waals surface area contributed by atoms with Crippen LogP contribution in [-0.4, -0.2) is 46.7 Å². The molecule has 2 unspecified atom stereocenters. The zero-order valence-electron chi connectivity index (χ0n) is 11.9. The van der Waals surface area contributed by atoms with Gasteiger partial charge in [0.25, 0.3) is 0 Å². The number of aryl methyl sites for hydroxylation is 2. The molecular formula is C13H23N5O. The van der Waals surface area contributed by atoms with E-state index in [2.05, 4.69) is 27.3 Å². The fourth-order valence-corrected chi connectivity index (χ4v) is 2.76. The summed E-state index contributed by atoms with van der Waals surface area (Å²) < 4.78 is 0. The van der Waals surface area contributed by atoms with Crippen LogP contribution in [0.5, 0.6) is 0 Å². The number of likely N-dealkylation sites (tertiary alicyclic amines) is 1. The van der Waals surface area contributed by atoms with E-state index in [4.69, 9.17) is 5.73 Å². The second kappa shape index (κ2) is 5.71. The van der Waals surface area contributed by atoms with Crippen LogP contribution in [0, 0.1) is 19.8 Å². The minimum absolute atomic E-state index is 0.00565. The Balaban J connectivity index is 1.91. The third-order valence-corrected chi connectivity index (χ3v) is 3.53. The van der Waals surface area contributed by atoms with Crippen molar-refractivity contribution in [2.24, 2.45) is 11.7 Å². The van der Waals surface area contributed by atoms with Crippen molar-refractivity contribution in [1.82, 2.24) is 15.1 Å². The van der Waals surface area contributed by atoms with Gasteiger partial charge in [-0.3, -0.25) is 14.8 Å². The molecule has 2 heterocycles. The standard InChI is InChI=1S/C13H23N5O/c1-8-4-11(14)6-18(5-8)7-12(19)15-13-9(2)16-17-10(13)3/h8,11H,4-7,14H2,1-3H3,(H,15,19)(H,16,17). The van der Waals surface area contributed by atoms with Crippen molar-refractivity contribution in [2.75, 3.05) is 25.0 Å². The molecule has 1 saturated heterocycles. The van der Waals surface area contributed by atoms with Gasteiger partial charge in [0.15, 0.2) is 0 Å². The highest BCUT2D eigenvalue weighted by atomic mass is 16.2. The number of H-pyrrole nitrogens is 1. The molecule has 1 aliphatic rings. The number of aromatic nitrogens is 2. The van der Waals surface area contributed by atoms with Gasteiger partial charge in [-0.15, -0.1) is 0 Å². The molecule has 0 radical (unpaired) electrons. The molecule has 1 aromatic rings. The summed E-state index contributed by atoms with van der Waals surface area (Å²) in [7, 11) is 0. The van der Waals surface area contributed by atoms with Gasteiger partial charge >= 0.3 is 0 Å². The van der Waals surface area contributed by atoms with Crippen molar-refractivity contribution in [3.63, 3.8) is 0 Å². The Morgan fingerprint density at radius 1 is 1.53 bits per heavy atom. The van der Waals surface area contributed by atoms with Crippen LogP contribution >= 0.6 is 0 Å². The van der Waals surface area contributed by atoms with Crippen LogP contribution in [0.4, 0.5) is 5.69 Å². The van der Waals surface area contributed by atoms with Crippen molar-refractivity contribution >= 4 is 11.6 Å². The maximum Gasteiger partial charge on any atom is 0.238 e. The molecule has 6 nitrogen and oxygen atoms in total. The molecule has 0 spiro atoms. The van der Waals surface area contributed by atoms with Gasteiger partial charge in [-0.05, 0) is 26.2 Å². The largest absolute Gasteiger partial charge is 0.327 e. The summed E-state index contributed by atoms with van der Waals surface area (Å²) in [6.07, 6.45) is 1.04. The highest BCUT2D eigenvalue weighted by Gasteiger charge is 2.24. The highest BCUT2D eigenvalue weighted by molar-refractivity contribution is 5.93. The Morgan fingerprint density at radius 2 is 2.26 bits per heavy atom. The average molecular weight is 265 g/mol. The topological polar surface area (TPSA) is 87.0 Å². The van der Waals surface area contributed by atoms with E-state index in [9.17, 15) is 4.79 Å². The summed E-state index contributed by atoms with van der Waals surface area (Å²) >= 11 is 0. The molecule has 2 atom stereocenters. The van der Waals surface area contributed by atoms with Gasteiger partial charge in [-0.25, -0.2) is 0 Å². The first-order chi connectivity index (χ1) is 8.95. The van der Waals surface area contributed by atoms with Crippen molar-refractivity contribution in [2.45, 2.75) is 33.2 Å². The predicted molar refractivity (Wildman–Crippen MR) is 74.9 cm³/mol. The van der Waals surface area contributed by atoms with E-state index >= 15 is 0 Å². The van der Waals surface area contributed by atoms with Crippen LogP contribution in [0.15, 0.2) is 0 Å². The molecule has 0 aliphatic carbocycles. The highest BCUT2D eigenvalue weighted by Crippen LogP contribution is 2.17.